The number of imidazole rings is 1. The lowest BCUT2D eigenvalue weighted by Crippen LogP contribution is -2.25. The van der Waals surface area contributed by atoms with Crippen molar-refractivity contribution in [3.05, 3.63) is 99.6 Å². The first kappa shape index (κ1) is 21.5. The Kier molecular flexibility index (Phi) is 6.62. The molecule has 0 spiro atoms. The normalized spacial score (nSPS) is 11.3. The SMILES string of the molecule is Cc1cccc(CCCn2c(=N)n(CCCc3cccc(C)c3)c3c(Cl)cccc32)c1. The first-order valence-corrected chi connectivity index (χ1v) is 11.4. The Morgan fingerprint density at radius 2 is 1.29 bits per heavy atom. The molecule has 3 aromatic carbocycles. The quantitative estimate of drug-likeness (QED) is 0.332. The van der Waals surface area contributed by atoms with Crippen LogP contribution in [0.25, 0.3) is 11.0 Å². The molecule has 0 unspecified atom stereocenters. The van der Waals surface area contributed by atoms with Gasteiger partial charge in [-0.1, -0.05) is 77.3 Å². The van der Waals surface area contributed by atoms with E-state index in [4.69, 9.17) is 17.0 Å². The lowest BCUT2D eigenvalue weighted by molar-refractivity contribution is 0.561. The van der Waals surface area contributed by atoms with Crippen molar-refractivity contribution in [1.29, 1.82) is 5.41 Å². The number of hydrogen-bond acceptors (Lipinski definition) is 1. The summed E-state index contributed by atoms with van der Waals surface area (Å²) in [5, 5.41) is 9.59. The van der Waals surface area contributed by atoms with Gasteiger partial charge in [-0.25, -0.2) is 0 Å². The molecule has 0 amide bonds. The highest BCUT2D eigenvalue weighted by Gasteiger charge is 2.13. The summed E-state index contributed by atoms with van der Waals surface area (Å²) in [5.41, 5.74) is 7.86. The van der Waals surface area contributed by atoms with Gasteiger partial charge in [-0.2, -0.15) is 0 Å². The van der Waals surface area contributed by atoms with Gasteiger partial charge in [0.05, 0.1) is 16.1 Å². The maximum absolute atomic E-state index is 8.87. The number of nitrogens with one attached hydrogen (secondary N) is 1. The fourth-order valence-electron chi connectivity index (χ4n) is 4.42. The van der Waals surface area contributed by atoms with Gasteiger partial charge in [0.1, 0.15) is 0 Å². The molecule has 0 saturated carbocycles. The molecule has 160 valence electrons. The summed E-state index contributed by atoms with van der Waals surface area (Å²) in [6.45, 7) is 5.86. The smallest absolute Gasteiger partial charge is 0.203 e. The van der Waals surface area contributed by atoms with Crippen LogP contribution in [-0.4, -0.2) is 9.13 Å². The van der Waals surface area contributed by atoms with Crippen molar-refractivity contribution in [3.63, 3.8) is 0 Å². The van der Waals surface area contributed by atoms with Crippen molar-refractivity contribution in [2.75, 3.05) is 0 Å². The minimum absolute atomic E-state index is 0.539. The summed E-state index contributed by atoms with van der Waals surface area (Å²) in [4.78, 5) is 0. The van der Waals surface area contributed by atoms with E-state index in [9.17, 15) is 0 Å². The highest BCUT2D eigenvalue weighted by molar-refractivity contribution is 6.35. The van der Waals surface area contributed by atoms with Crippen LogP contribution in [0, 0.1) is 19.3 Å². The van der Waals surface area contributed by atoms with Gasteiger partial charge in [0.15, 0.2) is 0 Å². The molecule has 0 saturated heterocycles. The first-order chi connectivity index (χ1) is 15.0. The predicted molar refractivity (Wildman–Crippen MR) is 130 cm³/mol. The van der Waals surface area contributed by atoms with E-state index in [-0.39, 0.29) is 0 Å². The zero-order chi connectivity index (χ0) is 21.8. The van der Waals surface area contributed by atoms with Crippen LogP contribution in [0.5, 0.6) is 0 Å². The van der Waals surface area contributed by atoms with Crippen molar-refractivity contribution >= 4 is 22.6 Å². The molecule has 0 aliphatic rings. The number of rotatable bonds is 8. The largest absolute Gasteiger partial charge is 0.310 e. The van der Waals surface area contributed by atoms with Gasteiger partial charge in [0.2, 0.25) is 5.62 Å². The second-order valence-electron chi connectivity index (χ2n) is 8.42. The number of halogens is 1. The first-order valence-electron chi connectivity index (χ1n) is 11.1. The fraction of sp³-hybridized carbons (Fsp3) is 0.296. The second kappa shape index (κ2) is 9.57. The van der Waals surface area contributed by atoms with Gasteiger partial charge in [-0.05, 0) is 62.8 Å². The molecule has 0 atom stereocenters. The second-order valence-corrected chi connectivity index (χ2v) is 8.83. The van der Waals surface area contributed by atoms with Crippen molar-refractivity contribution in [2.45, 2.75) is 52.6 Å². The van der Waals surface area contributed by atoms with Gasteiger partial charge in [0.25, 0.3) is 0 Å². The van der Waals surface area contributed by atoms with Crippen LogP contribution in [0.1, 0.15) is 35.1 Å². The van der Waals surface area contributed by atoms with Gasteiger partial charge in [-0.15, -0.1) is 0 Å². The van der Waals surface area contributed by atoms with Gasteiger partial charge in [0, 0.05) is 13.1 Å². The molecule has 0 radical (unpaired) electrons. The molecule has 1 N–H and O–H groups in total. The van der Waals surface area contributed by atoms with Crippen molar-refractivity contribution < 1.29 is 0 Å². The number of nitrogens with zero attached hydrogens (tertiary/aromatic N) is 2. The van der Waals surface area contributed by atoms with Crippen LogP contribution in [0.3, 0.4) is 0 Å². The molecule has 0 fully saturated rings. The Hall–Kier alpha value is -2.78. The van der Waals surface area contributed by atoms with Crippen LogP contribution in [0.15, 0.2) is 66.7 Å². The fourth-order valence-corrected chi connectivity index (χ4v) is 4.69. The lowest BCUT2D eigenvalue weighted by atomic mass is 10.1. The van der Waals surface area contributed by atoms with E-state index in [1.165, 1.54) is 22.3 Å². The van der Waals surface area contributed by atoms with E-state index in [0.29, 0.717) is 5.62 Å². The molecule has 31 heavy (non-hydrogen) atoms. The molecular weight excluding hydrogens is 402 g/mol. The lowest BCUT2D eigenvalue weighted by Gasteiger charge is -2.07. The van der Waals surface area contributed by atoms with Crippen LogP contribution in [0.4, 0.5) is 0 Å². The summed E-state index contributed by atoms with van der Waals surface area (Å²) in [6, 6.07) is 23.4. The molecule has 1 heterocycles. The third-order valence-electron chi connectivity index (χ3n) is 5.90. The van der Waals surface area contributed by atoms with E-state index in [0.717, 1.165) is 54.8 Å². The topological polar surface area (TPSA) is 33.7 Å². The number of fused-ring (bicyclic) bond motifs is 1. The molecule has 4 rings (SSSR count). The molecule has 4 aromatic rings. The zero-order valence-corrected chi connectivity index (χ0v) is 19.1. The Bertz CT molecular complexity index is 1250. The van der Waals surface area contributed by atoms with Crippen LogP contribution in [-0.2, 0) is 25.9 Å². The number of para-hydroxylation sites is 1. The van der Waals surface area contributed by atoms with E-state index in [2.05, 4.69) is 77.6 Å². The Morgan fingerprint density at radius 1 is 0.742 bits per heavy atom. The zero-order valence-electron chi connectivity index (χ0n) is 18.4. The Morgan fingerprint density at radius 3 is 1.87 bits per heavy atom. The van der Waals surface area contributed by atoms with E-state index < -0.39 is 0 Å². The van der Waals surface area contributed by atoms with Crippen LogP contribution >= 0.6 is 11.6 Å². The maximum atomic E-state index is 8.87. The molecule has 4 heteroatoms. The summed E-state index contributed by atoms with van der Waals surface area (Å²) >= 11 is 6.59. The van der Waals surface area contributed by atoms with Gasteiger partial charge >= 0.3 is 0 Å². The highest BCUT2D eigenvalue weighted by Crippen LogP contribution is 2.23. The summed E-state index contributed by atoms with van der Waals surface area (Å²) in [5.74, 6) is 0. The monoisotopic (exact) mass is 431 g/mol. The molecule has 3 nitrogen and oxygen atoms in total. The average Bonchev–Trinajstić information content (AvgIpc) is 3.01. The minimum atomic E-state index is 0.539. The predicted octanol–water partition coefficient (Wildman–Crippen LogP) is 6.46. The van der Waals surface area contributed by atoms with Crippen LogP contribution in [0.2, 0.25) is 5.02 Å². The average molecular weight is 432 g/mol. The summed E-state index contributed by atoms with van der Waals surface area (Å²) < 4.78 is 4.20. The standard InChI is InChI=1S/C27H30ClN3/c1-20-8-3-10-22(18-20)12-6-16-30-25-15-5-14-24(28)26(25)31(27(30)29)17-7-13-23-11-4-9-21(2)19-23/h3-5,8-11,14-15,18-19,29H,6-7,12-13,16-17H2,1-2H3. The Balaban J connectivity index is 1.53. The molecular formula is C27H30ClN3. The molecule has 0 aliphatic carbocycles. The highest BCUT2D eigenvalue weighted by atomic mass is 35.5. The number of hydrogen-bond donors (Lipinski definition) is 1. The third-order valence-corrected chi connectivity index (χ3v) is 6.20. The molecule has 0 bridgehead atoms. The van der Waals surface area contributed by atoms with Crippen LogP contribution < -0.4 is 5.62 Å². The number of aromatic nitrogens is 2. The third kappa shape index (κ3) is 4.94. The van der Waals surface area contributed by atoms with E-state index in [1.54, 1.807) is 0 Å². The molecule has 0 aliphatic heterocycles. The van der Waals surface area contributed by atoms with Crippen molar-refractivity contribution in [1.82, 2.24) is 9.13 Å². The minimum Gasteiger partial charge on any atom is -0.310 e. The summed E-state index contributed by atoms with van der Waals surface area (Å²) in [6.07, 6.45) is 3.98. The van der Waals surface area contributed by atoms with E-state index >= 15 is 0 Å². The number of benzene rings is 3. The van der Waals surface area contributed by atoms with Crippen molar-refractivity contribution in [2.24, 2.45) is 0 Å². The summed E-state index contributed by atoms with van der Waals surface area (Å²) in [7, 11) is 0. The van der Waals surface area contributed by atoms with Gasteiger partial charge < -0.3 is 9.13 Å². The number of aryl methyl sites for hydroxylation is 6. The Labute approximate surface area is 189 Å². The van der Waals surface area contributed by atoms with Crippen molar-refractivity contribution in [3.8, 4) is 0 Å². The maximum Gasteiger partial charge on any atom is 0.203 e. The van der Waals surface area contributed by atoms with E-state index in [1.807, 2.05) is 12.1 Å². The van der Waals surface area contributed by atoms with Gasteiger partial charge in [-0.3, -0.25) is 5.41 Å². The molecule has 1 aromatic heterocycles.